The van der Waals surface area contributed by atoms with Gasteiger partial charge in [0.15, 0.2) is 10.7 Å². The molecule has 0 saturated heterocycles. The van der Waals surface area contributed by atoms with E-state index in [-0.39, 0.29) is 12.3 Å². The van der Waals surface area contributed by atoms with E-state index in [1.165, 1.54) is 0 Å². The van der Waals surface area contributed by atoms with E-state index >= 15 is 0 Å². The number of likely N-dealkylation sites (N-methyl/N-ethyl adjacent to an activating group) is 1. The predicted octanol–water partition coefficient (Wildman–Crippen LogP) is 9.89. The maximum Gasteiger partial charge on any atom is 0.225 e. The smallest absolute Gasteiger partial charge is 0.225 e. The van der Waals surface area contributed by atoms with Crippen molar-refractivity contribution in [2.45, 2.75) is 44.7 Å². The number of rotatable bonds is 13. The summed E-state index contributed by atoms with van der Waals surface area (Å²) in [7, 11) is 1.63. The van der Waals surface area contributed by atoms with Gasteiger partial charge in [0.1, 0.15) is 17.2 Å². The van der Waals surface area contributed by atoms with Crippen LogP contribution in [0.5, 0.6) is 0 Å². The van der Waals surface area contributed by atoms with Crippen LogP contribution in [0.4, 0.5) is 0 Å². The molecule has 0 bridgehead atoms. The van der Waals surface area contributed by atoms with Crippen LogP contribution < -0.4 is 5.32 Å². The number of carbonyl (C=O) groups excluding carboxylic acids is 1. The van der Waals surface area contributed by atoms with Crippen molar-refractivity contribution in [3.05, 3.63) is 177 Å². The molecule has 0 atom stereocenters. The third-order valence-corrected chi connectivity index (χ3v) is 11.3. The standard InChI is InChI=1S/C45H39BrClN7O2/c1-3-4-24-39-49-43(47)37(28-40(55)48-2)53(39)29-30-25-26-38-36(27-30)41(46)42(56-38)34-22-14-15-23-35(34)44-50-52-54(51-44)45(31-16-8-5-9-17-31,32-18-10-6-11-19-32)33-20-12-7-13-21-33/h5-23,25-27H,3-4,24,28-29H2,1-2H3,(H,48,55). The summed E-state index contributed by atoms with van der Waals surface area (Å²) >= 11 is 10.5. The fraction of sp³-hybridized carbons (Fsp3) is 0.178. The third kappa shape index (κ3) is 6.84. The Balaban J connectivity index is 1.20. The number of nitrogens with zero attached hydrogens (tertiary/aromatic N) is 6. The first-order valence-corrected chi connectivity index (χ1v) is 19.8. The normalized spacial score (nSPS) is 11.6. The van der Waals surface area contributed by atoms with E-state index in [4.69, 9.17) is 31.4 Å². The summed E-state index contributed by atoms with van der Waals surface area (Å²) in [6, 6.07) is 44.9. The molecular formula is C45H39BrClN7O2. The molecule has 0 radical (unpaired) electrons. The number of amides is 1. The van der Waals surface area contributed by atoms with Crippen molar-refractivity contribution in [1.29, 1.82) is 0 Å². The topological polar surface area (TPSA) is 104 Å². The number of unbranched alkanes of at least 4 members (excludes halogenated alkanes) is 1. The highest BCUT2D eigenvalue weighted by Gasteiger charge is 2.41. The van der Waals surface area contributed by atoms with Crippen LogP contribution in [0.3, 0.4) is 0 Å². The van der Waals surface area contributed by atoms with Crippen LogP contribution in [0.1, 0.15) is 53.5 Å². The SMILES string of the molecule is CCCCc1nc(Cl)c(CC(=O)NC)n1Cc1ccc2oc(-c3ccccc3-c3nnn(C(c4ccccc4)(c4ccccc4)c4ccccc4)n3)c(Br)c2c1. The highest BCUT2D eigenvalue weighted by Crippen LogP contribution is 2.43. The summed E-state index contributed by atoms with van der Waals surface area (Å²) in [4.78, 5) is 18.8. The van der Waals surface area contributed by atoms with Crippen molar-refractivity contribution in [2.75, 3.05) is 7.05 Å². The lowest BCUT2D eigenvalue weighted by atomic mass is 9.77. The first-order chi connectivity index (χ1) is 27.4. The highest BCUT2D eigenvalue weighted by atomic mass is 79.9. The van der Waals surface area contributed by atoms with Gasteiger partial charge in [0.25, 0.3) is 0 Å². The van der Waals surface area contributed by atoms with Gasteiger partial charge in [-0.2, -0.15) is 0 Å². The number of halogens is 2. The molecule has 0 fully saturated rings. The second-order valence-corrected chi connectivity index (χ2v) is 14.8. The van der Waals surface area contributed by atoms with Crippen molar-refractivity contribution < 1.29 is 9.21 Å². The average Bonchev–Trinajstić information content (AvgIpc) is 3.94. The predicted molar refractivity (Wildman–Crippen MR) is 223 cm³/mol. The van der Waals surface area contributed by atoms with E-state index in [1.54, 1.807) is 11.8 Å². The van der Waals surface area contributed by atoms with Gasteiger partial charge in [0.2, 0.25) is 11.7 Å². The van der Waals surface area contributed by atoms with Gasteiger partial charge in [0.05, 0.1) is 16.6 Å². The van der Waals surface area contributed by atoms with Gasteiger partial charge in [-0.25, -0.2) is 4.98 Å². The number of hydrogen-bond acceptors (Lipinski definition) is 6. The largest absolute Gasteiger partial charge is 0.455 e. The summed E-state index contributed by atoms with van der Waals surface area (Å²) in [5.41, 5.74) is 6.13. The van der Waals surface area contributed by atoms with Gasteiger partial charge in [-0.3, -0.25) is 4.79 Å². The van der Waals surface area contributed by atoms with Crippen LogP contribution in [0.25, 0.3) is 33.7 Å². The second kappa shape index (κ2) is 16.1. The number of benzene rings is 5. The van der Waals surface area contributed by atoms with Crippen LogP contribution in [-0.4, -0.2) is 42.7 Å². The molecule has 5 aromatic carbocycles. The second-order valence-electron chi connectivity index (χ2n) is 13.6. The Hall–Kier alpha value is -5.84. The van der Waals surface area contributed by atoms with Gasteiger partial charge >= 0.3 is 0 Å². The molecule has 1 N–H and O–H groups in total. The van der Waals surface area contributed by atoms with Crippen molar-refractivity contribution in [3.8, 4) is 22.7 Å². The molecule has 8 rings (SSSR count). The van der Waals surface area contributed by atoms with E-state index in [1.807, 2.05) is 91.0 Å². The zero-order valence-electron chi connectivity index (χ0n) is 31.0. The molecule has 11 heteroatoms. The molecule has 8 aromatic rings. The Morgan fingerprint density at radius 2 is 1.45 bits per heavy atom. The Bertz CT molecular complexity index is 2520. The minimum absolute atomic E-state index is 0.119. The molecule has 3 heterocycles. The number of imidazole rings is 1. The van der Waals surface area contributed by atoms with Crippen LogP contribution in [0.15, 0.2) is 142 Å². The molecule has 0 saturated carbocycles. The lowest BCUT2D eigenvalue weighted by Gasteiger charge is -2.34. The molecule has 3 aromatic heterocycles. The van der Waals surface area contributed by atoms with E-state index in [0.717, 1.165) is 73.9 Å². The van der Waals surface area contributed by atoms with E-state index in [0.29, 0.717) is 29.0 Å². The first kappa shape index (κ1) is 37.1. The lowest BCUT2D eigenvalue weighted by molar-refractivity contribution is -0.120. The van der Waals surface area contributed by atoms with Crippen molar-refractivity contribution in [2.24, 2.45) is 0 Å². The Morgan fingerprint density at radius 1 is 0.839 bits per heavy atom. The molecule has 0 aliphatic rings. The number of aryl methyl sites for hydroxylation is 1. The van der Waals surface area contributed by atoms with Crippen LogP contribution in [0, 0.1) is 0 Å². The number of aromatic nitrogens is 6. The molecule has 56 heavy (non-hydrogen) atoms. The molecule has 1 amide bonds. The number of fused-ring (bicyclic) bond motifs is 1. The third-order valence-electron chi connectivity index (χ3n) is 10.2. The zero-order valence-corrected chi connectivity index (χ0v) is 33.3. The molecule has 0 aliphatic carbocycles. The number of furan rings is 1. The van der Waals surface area contributed by atoms with Crippen LogP contribution >= 0.6 is 27.5 Å². The molecule has 0 aliphatic heterocycles. The van der Waals surface area contributed by atoms with Gasteiger partial charge < -0.3 is 14.3 Å². The van der Waals surface area contributed by atoms with Crippen molar-refractivity contribution in [1.82, 2.24) is 35.1 Å². The Morgan fingerprint density at radius 3 is 2.05 bits per heavy atom. The number of tetrazole rings is 1. The maximum atomic E-state index is 12.5. The molecular weight excluding hydrogens is 786 g/mol. The van der Waals surface area contributed by atoms with Gasteiger partial charge in [0, 0.05) is 36.5 Å². The van der Waals surface area contributed by atoms with Crippen molar-refractivity contribution in [3.63, 3.8) is 0 Å². The summed E-state index contributed by atoms with van der Waals surface area (Å²) in [6.45, 7) is 2.65. The summed E-state index contributed by atoms with van der Waals surface area (Å²) in [5.74, 6) is 1.86. The fourth-order valence-corrected chi connectivity index (χ4v) is 8.29. The van der Waals surface area contributed by atoms with Crippen LogP contribution in [-0.2, 0) is 29.7 Å². The van der Waals surface area contributed by atoms with E-state index < -0.39 is 5.54 Å². The molecule has 0 unspecified atom stereocenters. The number of carbonyl (C=O) groups is 1. The zero-order chi connectivity index (χ0) is 38.6. The highest BCUT2D eigenvalue weighted by molar-refractivity contribution is 9.10. The monoisotopic (exact) mass is 823 g/mol. The minimum Gasteiger partial charge on any atom is -0.455 e. The number of hydrogen-bond donors (Lipinski definition) is 1. The quantitative estimate of drug-likeness (QED) is 0.116. The number of nitrogens with one attached hydrogen (secondary N) is 1. The fourth-order valence-electron chi connectivity index (χ4n) is 7.42. The van der Waals surface area contributed by atoms with E-state index in [9.17, 15) is 4.79 Å². The maximum absolute atomic E-state index is 12.5. The minimum atomic E-state index is -0.906. The molecule has 280 valence electrons. The van der Waals surface area contributed by atoms with E-state index in [2.05, 4.69) is 80.2 Å². The molecule has 0 spiro atoms. The first-order valence-electron chi connectivity index (χ1n) is 18.6. The summed E-state index contributed by atoms with van der Waals surface area (Å²) in [5, 5.41) is 18.7. The summed E-state index contributed by atoms with van der Waals surface area (Å²) in [6.07, 6.45) is 2.91. The average molecular weight is 825 g/mol. The summed E-state index contributed by atoms with van der Waals surface area (Å²) < 4.78 is 9.47. The Kier molecular flexibility index (Phi) is 10.7. The van der Waals surface area contributed by atoms with Gasteiger partial charge in [-0.05, 0) is 62.0 Å². The van der Waals surface area contributed by atoms with Gasteiger partial charge in [-0.1, -0.05) is 146 Å². The lowest BCUT2D eigenvalue weighted by Crippen LogP contribution is -2.39. The van der Waals surface area contributed by atoms with Gasteiger partial charge in [-0.15, -0.1) is 15.0 Å². The van der Waals surface area contributed by atoms with Crippen LogP contribution in [0.2, 0.25) is 5.15 Å². The van der Waals surface area contributed by atoms with Crippen molar-refractivity contribution >= 4 is 44.4 Å². The molecule has 9 nitrogen and oxygen atoms in total. The Labute approximate surface area is 338 Å².